The van der Waals surface area contributed by atoms with Gasteiger partial charge in [0.25, 0.3) is 5.91 Å². The van der Waals surface area contributed by atoms with Gasteiger partial charge in [-0.1, -0.05) is 18.9 Å². The van der Waals surface area contributed by atoms with Crippen molar-refractivity contribution in [1.82, 2.24) is 24.9 Å². The maximum atomic E-state index is 15.0. The van der Waals surface area contributed by atoms with Crippen LogP contribution in [0.4, 0.5) is 16.3 Å². The van der Waals surface area contributed by atoms with Crippen molar-refractivity contribution in [2.24, 2.45) is 5.92 Å². The van der Waals surface area contributed by atoms with Crippen LogP contribution in [0.5, 0.6) is 0 Å². The second-order valence-corrected chi connectivity index (χ2v) is 10.2. The summed E-state index contributed by atoms with van der Waals surface area (Å²) in [6, 6.07) is 5.20. The van der Waals surface area contributed by atoms with Gasteiger partial charge in [0.2, 0.25) is 11.9 Å². The number of aromatic nitrogens is 4. The van der Waals surface area contributed by atoms with Crippen molar-refractivity contribution in [1.29, 1.82) is 0 Å². The standard InChI is InChI=1S/C26H32FN7O2.ClH/c27-22-13-17(5-8-20(22)24(35)30-19-6-7-19)21-15-29-34-23(21)32-25(31-18-3-1-2-4-18)33-26(34)28-14-16-9-11-36-12-10-16;/h5,8,13,15-16,18-19H,1-4,6-7,9-12,14H2,(H,30,35)(H2,28,31,32,33);1H. The predicted molar refractivity (Wildman–Crippen MR) is 142 cm³/mol. The summed E-state index contributed by atoms with van der Waals surface area (Å²) in [7, 11) is 0. The molecular weight excluding hydrogens is 497 g/mol. The molecule has 3 aromatic rings. The quantitative estimate of drug-likeness (QED) is 0.396. The molecule has 3 fully saturated rings. The van der Waals surface area contributed by atoms with Gasteiger partial charge in [-0.05, 0) is 62.1 Å². The number of nitrogens with zero attached hydrogens (tertiary/aromatic N) is 4. The zero-order chi connectivity index (χ0) is 24.5. The van der Waals surface area contributed by atoms with Gasteiger partial charge in [0, 0.05) is 37.4 Å². The van der Waals surface area contributed by atoms with E-state index >= 15 is 0 Å². The largest absolute Gasteiger partial charge is 0.381 e. The van der Waals surface area contributed by atoms with Crippen molar-refractivity contribution in [3.05, 3.63) is 35.8 Å². The number of nitrogens with one attached hydrogen (secondary N) is 3. The fourth-order valence-corrected chi connectivity index (χ4v) is 5.06. The third-order valence-corrected chi connectivity index (χ3v) is 7.38. The van der Waals surface area contributed by atoms with Crippen LogP contribution in [0.2, 0.25) is 0 Å². The average Bonchev–Trinajstić information content (AvgIpc) is 3.36. The summed E-state index contributed by atoms with van der Waals surface area (Å²) >= 11 is 0. The SMILES string of the molecule is Cl.O=C(NC1CC1)c1ccc(-c2cnn3c(NCC4CCOCC4)nc(NC4CCCC4)nc23)cc1F. The van der Waals surface area contributed by atoms with Crippen molar-refractivity contribution in [3.8, 4) is 11.1 Å². The van der Waals surface area contributed by atoms with Crippen LogP contribution < -0.4 is 16.0 Å². The summed E-state index contributed by atoms with van der Waals surface area (Å²) in [6.07, 6.45) is 10.2. The van der Waals surface area contributed by atoms with Gasteiger partial charge in [-0.25, -0.2) is 4.39 Å². The van der Waals surface area contributed by atoms with Gasteiger partial charge >= 0.3 is 0 Å². The molecule has 3 N–H and O–H groups in total. The van der Waals surface area contributed by atoms with E-state index in [4.69, 9.17) is 14.7 Å². The number of halogens is 2. The zero-order valence-corrected chi connectivity index (χ0v) is 21.5. The minimum atomic E-state index is -0.554. The highest BCUT2D eigenvalue weighted by Gasteiger charge is 2.26. The lowest BCUT2D eigenvalue weighted by Gasteiger charge is -2.22. The normalized spacial score (nSPS) is 18.5. The first-order valence-electron chi connectivity index (χ1n) is 13.1. The Hall–Kier alpha value is -2.98. The molecule has 0 atom stereocenters. The van der Waals surface area contributed by atoms with Gasteiger partial charge in [-0.15, -0.1) is 12.4 Å². The van der Waals surface area contributed by atoms with Crippen LogP contribution >= 0.6 is 12.4 Å². The number of anilines is 2. The lowest BCUT2D eigenvalue weighted by molar-refractivity contribution is 0.0699. The Balaban J connectivity index is 0.00000280. The molecule has 11 heteroatoms. The first-order chi connectivity index (χ1) is 17.6. The van der Waals surface area contributed by atoms with E-state index in [1.807, 2.05) is 0 Å². The molecule has 6 rings (SSSR count). The van der Waals surface area contributed by atoms with Gasteiger partial charge in [-0.2, -0.15) is 19.6 Å². The molecule has 2 aliphatic carbocycles. The van der Waals surface area contributed by atoms with E-state index in [0.29, 0.717) is 40.6 Å². The molecule has 1 amide bonds. The molecule has 3 heterocycles. The van der Waals surface area contributed by atoms with Crippen molar-refractivity contribution in [3.63, 3.8) is 0 Å². The van der Waals surface area contributed by atoms with Crippen LogP contribution in [0.25, 0.3) is 16.8 Å². The number of amides is 1. The van der Waals surface area contributed by atoms with Crippen molar-refractivity contribution < 1.29 is 13.9 Å². The number of carbonyl (C=O) groups excluding carboxylic acids is 1. The molecule has 3 aliphatic rings. The van der Waals surface area contributed by atoms with Gasteiger partial charge in [0.05, 0.1) is 11.8 Å². The van der Waals surface area contributed by atoms with E-state index in [-0.39, 0.29) is 29.9 Å². The molecule has 9 nitrogen and oxygen atoms in total. The van der Waals surface area contributed by atoms with E-state index in [9.17, 15) is 9.18 Å². The molecule has 0 spiro atoms. The maximum Gasteiger partial charge on any atom is 0.254 e. The molecule has 2 saturated carbocycles. The molecule has 0 radical (unpaired) electrons. The van der Waals surface area contributed by atoms with Crippen molar-refractivity contribution >= 4 is 35.9 Å². The number of carbonyl (C=O) groups is 1. The van der Waals surface area contributed by atoms with Crippen LogP contribution in [0.3, 0.4) is 0 Å². The van der Waals surface area contributed by atoms with Crippen LogP contribution in [0.15, 0.2) is 24.4 Å². The third kappa shape index (κ3) is 5.80. The van der Waals surface area contributed by atoms with E-state index in [0.717, 1.165) is 58.3 Å². The molecule has 1 saturated heterocycles. The smallest absolute Gasteiger partial charge is 0.254 e. The van der Waals surface area contributed by atoms with Crippen LogP contribution in [-0.4, -0.2) is 57.3 Å². The van der Waals surface area contributed by atoms with Crippen LogP contribution in [0.1, 0.15) is 61.7 Å². The minimum Gasteiger partial charge on any atom is -0.381 e. The minimum absolute atomic E-state index is 0. The Morgan fingerprint density at radius 2 is 1.84 bits per heavy atom. The summed E-state index contributed by atoms with van der Waals surface area (Å²) in [5, 5.41) is 14.3. The molecule has 0 bridgehead atoms. The summed E-state index contributed by atoms with van der Waals surface area (Å²) < 4.78 is 22.1. The second kappa shape index (κ2) is 11.2. The lowest BCUT2D eigenvalue weighted by atomic mass is 10.0. The van der Waals surface area contributed by atoms with E-state index in [1.165, 1.54) is 25.0 Å². The van der Waals surface area contributed by atoms with Crippen LogP contribution in [0, 0.1) is 11.7 Å². The van der Waals surface area contributed by atoms with Gasteiger partial charge in [0.1, 0.15) is 5.82 Å². The molecule has 198 valence electrons. The highest BCUT2D eigenvalue weighted by molar-refractivity contribution is 5.95. The fourth-order valence-electron chi connectivity index (χ4n) is 5.06. The van der Waals surface area contributed by atoms with E-state index < -0.39 is 5.82 Å². The molecule has 2 aromatic heterocycles. The zero-order valence-electron chi connectivity index (χ0n) is 20.7. The average molecular weight is 530 g/mol. The van der Waals surface area contributed by atoms with Gasteiger partial charge in [-0.3, -0.25) is 4.79 Å². The third-order valence-electron chi connectivity index (χ3n) is 7.38. The molecule has 1 aliphatic heterocycles. The summed E-state index contributed by atoms with van der Waals surface area (Å²) in [5.41, 5.74) is 1.95. The van der Waals surface area contributed by atoms with Gasteiger partial charge < -0.3 is 20.7 Å². The van der Waals surface area contributed by atoms with Crippen LogP contribution in [-0.2, 0) is 4.74 Å². The number of hydrogen-bond donors (Lipinski definition) is 3. The summed E-state index contributed by atoms with van der Waals surface area (Å²) in [4.78, 5) is 21.9. The molecule has 37 heavy (non-hydrogen) atoms. The first-order valence-corrected chi connectivity index (χ1v) is 13.1. The first kappa shape index (κ1) is 25.7. The molecule has 1 aromatic carbocycles. The Morgan fingerprint density at radius 3 is 2.57 bits per heavy atom. The second-order valence-electron chi connectivity index (χ2n) is 10.2. The highest BCUT2D eigenvalue weighted by Crippen LogP contribution is 2.29. The lowest BCUT2D eigenvalue weighted by Crippen LogP contribution is -2.26. The Bertz CT molecular complexity index is 1250. The highest BCUT2D eigenvalue weighted by atomic mass is 35.5. The Kier molecular flexibility index (Phi) is 7.76. The summed E-state index contributed by atoms with van der Waals surface area (Å²) in [5.74, 6) is 0.742. The maximum absolute atomic E-state index is 15.0. The number of ether oxygens (including phenoxy) is 1. The number of benzene rings is 1. The van der Waals surface area contributed by atoms with Crippen molar-refractivity contribution in [2.45, 2.75) is 63.5 Å². The van der Waals surface area contributed by atoms with E-state index in [2.05, 4.69) is 21.0 Å². The Labute approximate surface area is 221 Å². The number of hydrogen-bond acceptors (Lipinski definition) is 7. The van der Waals surface area contributed by atoms with E-state index in [1.54, 1.807) is 16.8 Å². The Morgan fingerprint density at radius 1 is 1.05 bits per heavy atom. The number of rotatable bonds is 8. The molecule has 0 unspecified atom stereocenters. The number of fused-ring (bicyclic) bond motifs is 1. The van der Waals surface area contributed by atoms with Gasteiger partial charge in [0.15, 0.2) is 5.65 Å². The predicted octanol–water partition coefficient (Wildman–Crippen LogP) is 4.44. The van der Waals surface area contributed by atoms with Crippen molar-refractivity contribution in [2.75, 3.05) is 30.4 Å². The monoisotopic (exact) mass is 529 g/mol. The topological polar surface area (TPSA) is 105 Å². The molecular formula is C26H33ClFN7O2. The summed E-state index contributed by atoms with van der Waals surface area (Å²) in [6.45, 7) is 2.34. The fraction of sp³-hybridized carbons (Fsp3) is 0.538.